The molecule has 2 N–H and O–H groups in total. The van der Waals surface area contributed by atoms with Crippen LogP contribution in [0.3, 0.4) is 0 Å². The van der Waals surface area contributed by atoms with Gasteiger partial charge in [-0.1, -0.05) is 32.0 Å². The highest BCUT2D eigenvalue weighted by Gasteiger charge is 2.25. The lowest BCUT2D eigenvalue weighted by Gasteiger charge is -2.26. The fourth-order valence-electron chi connectivity index (χ4n) is 2.98. The molecule has 0 spiro atoms. The molecule has 0 bridgehead atoms. The second-order valence-electron chi connectivity index (χ2n) is 5.78. The Balaban J connectivity index is 2.14. The maximum Gasteiger partial charge on any atom is 0.0556 e. The van der Waals surface area contributed by atoms with Gasteiger partial charge in [-0.2, -0.15) is 0 Å². The minimum absolute atomic E-state index is 0.220. The quantitative estimate of drug-likeness (QED) is 0.854. The zero-order valence-electron chi connectivity index (χ0n) is 12.3. The van der Waals surface area contributed by atoms with E-state index in [1.54, 1.807) is 0 Å². The molecule has 1 aliphatic rings. The van der Waals surface area contributed by atoms with Crippen molar-refractivity contribution in [3.8, 4) is 0 Å². The van der Waals surface area contributed by atoms with Gasteiger partial charge in [-0.25, -0.2) is 0 Å². The van der Waals surface area contributed by atoms with Crippen molar-refractivity contribution in [1.82, 2.24) is 5.32 Å². The summed E-state index contributed by atoms with van der Waals surface area (Å²) in [6.07, 6.45) is 1.16. The molecule has 1 heterocycles. The van der Waals surface area contributed by atoms with E-state index < -0.39 is 0 Å². The molecule has 0 aromatic heterocycles. The number of hydrogen-bond donors (Lipinski definition) is 2. The Bertz CT molecular complexity index is 417. The summed E-state index contributed by atoms with van der Waals surface area (Å²) in [5.41, 5.74) is 4.24. The number of nitrogens with one attached hydrogen (secondary N) is 1. The van der Waals surface area contributed by atoms with Gasteiger partial charge < -0.3 is 15.3 Å². The first-order valence-corrected chi connectivity index (χ1v) is 7.32. The molecule has 0 saturated carbocycles. The molecule has 0 radical (unpaired) electrons. The van der Waals surface area contributed by atoms with E-state index in [0.717, 1.165) is 19.5 Å². The number of anilines is 1. The van der Waals surface area contributed by atoms with E-state index in [4.69, 9.17) is 5.11 Å². The molecule has 1 atom stereocenters. The molecule has 3 nitrogen and oxygen atoms in total. The van der Waals surface area contributed by atoms with Gasteiger partial charge in [-0.05, 0) is 30.4 Å². The Morgan fingerprint density at radius 2 is 2.21 bits per heavy atom. The van der Waals surface area contributed by atoms with Gasteiger partial charge in [0.1, 0.15) is 0 Å². The van der Waals surface area contributed by atoms with Crippen LogP contribution in [0.5, 0.6) is 0 Å². The average Bonchev–Trinajstić information content (AvgIpc) is 2.84. The molecule has 106 valence electrons. The van der Waals surface area contributed by atoms with Crippen LogP contribution in [0.15, 0.2) is 18.2 Å². The molecule has 1 aromatic rings. The van der Waals surface area contributed by atoms with E-state index >= 15 is 0 Å². The fraction of sp³-hybridized carbons (Fsp3) is 0.625. The summed E-state index contributed by atoms with van der Waals surface area (Å²) in [5.74, 6) is 0.555. The third-order valence-corrected chi connectivity index (χ3v) is 3.94. The van der Waals surface area contributed by atoms with Crippen molar-refractivity contribution < 1.29 is 5.11 Å². The van der Waals surface area contributed by atoms with Crippen LogP contribution >= 0.6 is 0 Å². The fourth-order valence-corrected chi connectivity index (χ4v) is 2.98. The first kappa shape index (κ1) is 14.4. The van der Waals surface area contributed by atoms with Crippen LogP contribution < -0.4 is 10.2 Å². The van der Waals surface area contributed by atoms with Gasteiger partial charge in [0.05, 0.1) is 6.61 Å². The predicted molar refractivity (Wildman–Crippen MR) is 81.0 cm³/mol. The van der Waals surface area contributed by atoms with Crippen molar-refractivity contribution in [2.45, 2.75) is 39.2 Å². The lowest BCUT2D eigenvalue weighted by atomic mass is 9.97. The van der Waals surface area contributed by atoms with Crippen molar-refractivity contribution in [2.24, 2.45) is 0 Å². The van der Waals surface area contributed by atoms with Crippen LogP contribution in [0.25, 0.3) is 0 Å². The second-order valence-corrected chi connectivity index (χ2v) is 5.78. The van der Waals surface area contributed by atoms with Gasteiger partial charge in [-0.3, -0.25) is 0 Å². The molecule has 1 fully saturated rings. The third kappa shape index (κ3) is 3.28. The molecule has 19 heavy (non-hydrogen) atoms. The van der Waals surface area contributed by atoms with E-state index in [0.29, 0.717) is 18.5 Å². The summed E-state index contributed by atoms with van der Waals surface area (Å²) in [4.78, 5) is 2.50. The van der Waals surface area contributed by atoms with Crippen LogP contribution in [0, 0.1) is 6.92 Å². The SMILES string of the molecule is Cc1cccc(C(C)C)c1N1CCC(NCCO)C1. The Labute approximate surface area is 116 Å². The number of rotatable bonds is 5. The van der Waals surface area contributed by atoms with E-state index in [2.05, 4.69) is 49.2 Å². The average molecular weight is 262 g/mol. The molecule has 1 saturated heterocycles. The van der Waals surface area contributed by atoms with Gasteiger partial charge in [0, 0.05) is 31.4 Å². The minimum Gasteiger partial charge on any atom is -0.395 e. The lowest BCUT2D eigenvalue weighted by Crippen LogP contribution is -2.34. The smallest absolute Gasteiger partial charge is 0.0556 e. The molecular formula is C16H26N2O. The standard InChI is InChI=1S/C16H26N2O/c1-12(2)15-6-4-5-13(3)16(15)18-9-7-14(11-18)17-8-10-19/h4-6,12,14,17,19H,7-11H2,1-3H3. The maximum atomic E-state index is 8.89. The topological polar surface area (TPSA) is 35.5 Å². The summed E-state index contributed by atoms with van der Waals surface area (Å²) < 4.78 is 0. The zero-order valence-corrected chi connectivity index (χ0v) is 12.3. The molecule has 3 heteroatoms. The third-order valence-electron chi connectivity index (χ3n) is 3.94. The van der Waals surface area contributed by atoms with Crippen LogP contribution in [0.4, 0.5) is 5.69 Å². The number of aliphatic hydroxyl groups is 1. The first-order valence-electron chi connectivity index (χ1n) is 7.32. The van der Waals surface area contributed by atoms with Gasteiger partial charge in [0.2, 0.25) is 0 Å². The number of hydrogen-bond acceptors (Lipinski definition) is 3. The van der Waals surface area contributed by atoms with Gasteiger partial charge in [-0.15, -0.1) is 0 Å². The predicted octanol–water partition coefficient (Wildman–Crippen LogP) is 2.28. The van der Waals surface area contributed by atoms with Crippen LogP contribution in [-0.4, -0.2) is 37.4 Å². The molecule has 0 amide bonds. The second kappa shape index (κ2) is 6.40. The van der Waals surface area contributed by atoms with Gasteiger partial charge in [0.25, 0.3) is 0 Å². The van der Waals surface area contributed by atoms with Crippen molar-refractivity contribution in [1.29, 1.82) is 0 Å². The summed E-state index contributed by atoms with van der Waals surface area (Å²) in [7, 11) is 0. The Hall–Kier alpha value is -1.06. The van der Waals surface area contributed by atoms with Crippen molar-refractivity contribution in [2.75, 3.05) is 31.1 Å². The van der Waals surface area contributed by atoms with E-state index in [9.17, 15) is 0 Å². The molecule has 1 aromatic carbocycles. The number of benzene rings is 1. The summed E-state index contributed by atoms with van der Waals surface area (Å²) in [6.45, 7) is 9.79. The normalized spacial score (nSPS) is 19.4. The minimum atomic E-state index is 0.220. The van der Waals surface area contributed by atoms with E-state index in [-0.39, 0.29) is 6.61 Å². The van der Waals surface area contributed by atoms with Crippen LogP contribution in [0.1, 0.15) is 37.3 Å². The number of aryl methyl sites for hydroxylation is 1. The molecule has 2 rings (SSSR count). The molecule has 0 aliphatic carbocycles. The lowest BCUT2D eigenvalue weighted by molar-refractivity contribution is 0.286. The molecule has 1 unspecified atom stereocenters. The monoisotopic (exact) mass is 262 g/mol. The molecular weight excluding hydrogens is 236 g/mol. The summed E-state index contributed by atoms with van der Waals surface area (Å²) in [6, 6.07) is 7.12. The van der Waals surface area contributed by atoms with E-state index in [1.807, 2.05) is 0 Å². The van der Waals surface area contributed by atoms with Gasteiger partial charge in [0.15, 0.2) is 0 Å². The highest BCUT2D eigenvalue weighted by atomic mass is 16.3. The zero-order chi connectivity index (χ0) is 13.8. The number of nitrogens with zero attached hydrogens (tertiary/aromatic N) is 1. The Morgan fingerprint density at radius 3 is 2.89 bits per heavy atom. The summed E-state index contributed by atoms with van der Waals surface area (Å²) >= 11 is 0. The Morgan fingerprint density at radius 1 is 1.42 bits per heavy atom. The number of aliphatic hydroxyl groups excluding tert-OH is 1. The molecule has 1 aliphatic heterocycles. The van der Waals surface area contributed by atoms with Crippen LogP contribution in [-0.2, 0) is 0 Å². The van der Waals surface area contributed by atoms with Crippen LogP contribution in [0.2, 0.25) is 0 Å². The largest absolute Gasteiger partial charge is 0.395 e. The first-order chi connectivity index (χ1) is 9.13. The van der Waals surface area contributed by atoms with E-state index in [1.165, 1.54) is 16.8 Å². The van der Waals surface area contributed by atoms with Gasteiger partial charge >= 0.3 is 0 Å². The number of para-hydroxylation sites is 1. The summed E-state index contributed by atoms with van der Waals surface area (Å²) in [5, 5.41) is 12.3. The highest BCUT2D eigenvalue weighted by Crippen LogP contribution is 2.32. The maximum absolute atomic E-state index is 8.89. The van der Waals surface area contributed by atoms with Crippen molar-refractivity contribution >= 4 is 5.69 Å². The Kier molecular flexibility index (Phi) is 4.83. The van der Waals surface area contributed by atoms with Crippen molar-refractivity contribution in [3.05, 3.63) is 29.3 Å². The van der Waals surface area contributed by atoms with Crippen molar-refractivity contribution in [3.63, 3.8) is 0 Å². The highest BCUT2D eigenvalue weighted by molar-refractivity contribution is 5.61.